The first kappa shape index (κ1) is 17.4. The molecular formula is C15H19F3N2O3. The Morgan fingerprint density at radius 2 is 1.78 bits per heavy atom. The third-order valence-electron chi connectivity index (χ3n) is 3.79. The Kier molecular flexibility index (Phi) is 5.70. The maximum atomic E-state index is 12.0. The van der Waals surface area contributed by atoms with Crippen molar-refractivity contribution in [2.24, 2.45) is 5.92 Å². The molecule has 2 amide bonds. The van der Waals surface area contributed by atoms with Crippen LogP contribution < -0.4 is 15.4 Å². The van der Waals surface area contributed by atoms with Gasteiger partial charge in [0.1, 0.15) is 5.75 Å². The summed E-state index contributed by atoms with van der Waals surface area (Å²) in [7, 11) is 0. The Hall–Kier alpha value is -1.96. The maximum absolute atomic E-state index is 12.0. The molecule has 8 heteroatoms. The van der Waals surface area contributed by atoms with Crippen molar-refractivity contribution in [3.05, 3.63) is 24.3 Å². The molecule has 1 aromatic rings. The van der Waals surface area contributed by atoms with Crippen LogP contribution in [-0.4, -0.2) is 30.1 Å². The zero-order valence-corrected chi connectivity index (χ0v) is 12.4. The summed E-state index contributed by atoms with van der Waals surface area (Å²) in [5.41, 5.74) is 0.376. The number of hydrogen-bond acceptors (Lipinski definition) is 3. The molecule has 23 heavy (non-hydrogen) atoms. The van der Waals surface area contributed by atoms with E-state index in [0.29, 0.717) is 11.6 Å². The van der Waals surface area contributed by atoms with E-state index in [-0.39, 0.29) is 18.4 Å². The first-order chi connectivity index (χ1) is 10.9. The Bertz CT molecular complexity index is 512. The van der Waals surface area contributed by atoms with E-state index >= 15 is 0 Å². The van der Waals surface area contributed by atoms with Gasteiger partial charge in [-0.1, -0.05) is 0 Å². The molecule has 0 atom stereocenters. The van der Waals surface area contributed by atoms with E-state index < -0.39 is 12.4 Å². The molecule has 1 aliphatic rings. The van der Waals surface area contributed by atoms with E-state index in [1.807, 2.05) is 0 Å². The number of rotatable bonds is 4. The van der Waals surface area contributed by atoms with Crippen molar-refractivity contribution in [1.29, 1.82) is 0 Å². The summed E-state index contributed by atoms with van der Waals surface area (Å²) >= 11 is 0. The maximum Gasteiger partial charge on any atom is 0.573 e. The van der Waals surface area contributed by atoms with Gasteiger partial charge in [-0.05, 0) is 55.9 Å². The highest BCUT2D eigenvalue weighted by atomic mass is 19.4. The van der Waals surface area contributed by atoms with Gasteiger partial charge < -0.3 is 20.5 Å². The van der Waals surface area contributed by atoms with Crippen LogP contribution in [0, 0.1) is 5.92 Å². The Morgan fingerprint density at radius 3 is 2.30 bits per heavy atom. The Morgan fingerprint density at radius 1 is 1.17 bits per heavy atom. The van der Waals surface area contributed by atoms with E-state index in [9.17, 15) is 18.0 Å². The summed E-state index contributed by atoms with van der Waals surface area (Å²) in [6.45, 7) is 0.172. The van der Waals surface area contributed by atoms with Crippen molar-refractivity contribution in [2.45, 2.75) is 38.1 Å². The highest BCUT2D eigenvalue weighted by molar-refractivity contribution is 5.89. The molecule has 0 bridgehead atoms. The number of alkyl halides is 3. The van der Waals surface area contributed by atoms with Crippen LogP contribution >= 0.6 is 0 Å². The van der Waals surface area contributed by atoms with Crippen LogP contribution in [0.15, 0.2) is 24.3 Å². The minimum absolute atomic E-state index is 0.0469. The third kappa shape index (κ3) is 5.97. The molecule has 5 nitrogen and oxygen atoms in total. The molecule has 3 N–H and O–H groups in total. The lowest BCUT2D eigenvalue weighted by Crippen LogP contribution is -2.40. The topological polar surface area (TPSA) is 70.6 Å². The summed E-state index contributed by atoms with van der Waals surface area (Å²) in [5, 5.41) is 14.5. The highest BCUT2D eigenvalue weighted by Gasteiger charge is 2.31. The second-order valence-corrected chi connectivity index (χ2v) is 5.57. The molecular weight excluding hydrogens is 313 g/mol. The van der Waals surface area contributed by atoms with Gasteiger partial charge in [0.2, 0.25) is 0 Å². The fraction of sp³-hybridized carbons (Fsp3) is 0.533. The van der Waals surface area contributed by atoms with Crippen LogP contribution in [0.2, 0.25) is 0 Å². The van der Waals surface area contributed by atoms with E-state index in [1.54, 1.807) is 0 Å². The number of nitrogens with one attached hydrogen (secondary N) is 2. The van der Waals surface area contributed by atoms with Gasteiger partial charge in [0.25, 0.3) is 0 Å². The molecule has 1 fully saturated rings. The van der Waals surface area contributed by atoms with Crippen LogP contribution in [0.25, 0.3) is 0 Å². The van der Waals surface area contributed by atoms with E-state index in [2.05, 4.69) is 15.4 Å². The molecule has 1 aliphatic carbocycles. The lowest BCUT2D eigenvalue weighted by atomic mass is 9.87. The predicted molar refractivity (Wildman–Crippen MR) is 78.1 cm³/mol. The Labute approximate surface area is 131 Å². The van der Waals surface area contributed by atoms with E-state index in [4.69, 9.17) is 5.11 Å². The largest absolute Gasteiger partial charge is 0.573 e. The molecule has 128 valence electrons. The van der Waals surface area contributed by atoms with Crippen molar-refractivity contribution in [1.82, 2.24) is 5.32 Å². The van der Waals surface area contributed by atoms with Gasteiger partial charge in [0.05, 0.1) is 0 Å². The number of halogens is 3. The minimum Gasteiger partial charge on any atom is -0.406 e. The summed E-state index contributed by atoms with van der Waals surface area (Å²) < 4.78 is 39.9. The number of carbonyl (C=O) groups excluding carboxylic acids is 1. The van der Waals surface area contributed by atoms with Gasteiger partial charge in [0, 0.05) is 18.3 Å². The molecule has 0 radical (unpaired) electrons. The van der Waals surface area contributed by atoms with Crippen LogP contribution in [-0.2, 0) is 0 Å². The summed E-state index contributed by atoms with van der Waals surface area (Å²) in [4.78, 5) is 11.9. The Balaban J connectivity index is 1.79. The number of amides is 2. The van der Waals surface area contributed by atoms with Gasteiger partial charge in [-0.2, -0.15) is 0 Å². The van der Waals surface area contributed by atoms with Crippen molar-refractivity contribution in [3.8, 4) is 5.75 Å². The molecule has 2 rings (SSSR count). The number of anilines is 1. The van der Waals surface area contributed by atoms with E-state index in [0.717, 1.165) is 37.8 Å². The number of ether oxygens (including phenoxy) is 1. The molecule has 0 spiro atoms. The van der Waals surface area contributed by atoms with Crippen molar-refractivity contribution in [2.75, 3.05) is 11.9 Å². The zero-order chi connectivity index (χ0) is 16.9. The standard InChI is InChI=1S/C15H19F3N2O3/c16-15(17,18)23-13-7-5-12(6-8-13)20-14(22)19-11-3-1-10(9-21)2-4-11/h5-8,10-11,21H,1-4,9H2,(H2,19,20,22). The number of hydrogen-bond donors (Lipinski definition) is 3. The van der Waals surface area contributed by atoms with Crippen LogP contribution in [0.1, 0.15) is 25.7 Å². The second kappa shape index (κ2) is 7.54. The summed E-state index contributed by atoms with van der Waals surface area (Å²) in [6.07, 6.45) is -1.40. The summed E-state index contributed by atoms with van der Waals surface area (Å²) in [5.74, 6) is -0.0388. The first-order valence-electron chi connectivity index (χ1n) is 7.40. The number of aliphatic hydroxyl groups is 1. The van der Waals surface area contributed by atoms with Gasteiger partial charge in [-0.15, -0.1) is 13.2 Å². The van der Waals surface area contributed by atoms with Crippen LogP contribution in [0.5, 0.6) is 5.75 Å². The number of carbonyl (C=O) groups is 1. The molecule has 0 heterocycles. The fourth-order valence-electron chi connectivity index (χ4n) is 2.58. The van der Waals surface area contributed by atoms with Gasteiger partial charge >= 0.3 is 12.4 Å². The average Bonchev–Trinajstić information content (AvgIpc) is 2.48. The van der Waals surface area contributed by atoms with Crippen molar-refractivity contribution >= 4 is 11.7 Å². The van der Waals surface area contributed by atoms with Gasteiger partial charge in [-0.25, -0.2) is 4.79 Å². The quantitative estimate of drug-likeness (QED) is 0.792. The molecule has 0 aromatic heterocycles. The lowest BCUT2D eigenvalue weighted by Gasteiger charge is -2.27. The van der Waals surface area contributed by atoms with Crippen LogP contribution in [0.3, 0.4) is 0 Å². The smallest absolute Gasteiger partial charge is 0.406 e. The molecule has 0 saturated heterocycles. The molecule has 0 aliphatic heterocycles. The third-order valence-corrected chi connectivity index (χ3v) is 3.79. The number of aliphatic hydroxyl groups excluding tert-OH is 1. The van der Waals surface area contributed by atoms with Gasteiger partial charge in [0.15, 0.2) is 0 Å². The number of benzene rings is 1. The first-order valence-corrected chi connectivity index (χ1v) is 7.40. The minimum atomic E-state index is -4.74. The average molecular weight is 332 g/mol. The van der Waals surface area contributed by atoms with Crippen LogP contribution in [0.4, 0.5) is 23.7 Å². The lowest BCUT2D eigenvalue weighted by molar-refractivity contribution is -0.274. The monoisotopic (exact) mass is 332 g/mol. The van der Waals surface area contributed by atoms with E-state index in [1.165, 1.54) is 12.1 Å². The fourth-order valence-corrected chi connectivity index (χ4v) is 2.58. The zero-order valence-electron chi connectivity index (χ0n) is 12.4. The molecule has 1 aromatic carbocycles. The number of urea groups is 1. The predicted octanol–water partition coefficient (Wildman–Crippen LogP) is 3.26. The summed E-state index contributed by atoms with van der Waals surface area (Å²) in [6, 6.07) is 4.59. The molecule has 0 unspecified atom stereocenters. The molecule has 1 saturated carbocycles. The highest BCUT2D eigenvalue weighted by Crippen LogP contribution is 2.25. The second-order valence-electron chi connectivity index (χ2n) is 5.57. The normalized spacial score (nSPS) is 21.6. The van der Waals surface area contributed by atoms with Crippen molar-refractivity contribution < 1.29 is 27.8 Å². The SMILES string of the molecule is O=C(Nc1ccc(OC(F)(F)F)cc1)NC1CCC(CO)CC1. The van der Waals surface area contributed by atoms with Crippen molar-refractivity contribution in [3.63, 3.8) is 0 Å². The van der Waals surface area contributed by atoms with Gasteiger partial charge in [-0.3, -0.25) is 0 Å².